The van der Waals surface area contributed by atoms with Crippen molar-refractivity contribution in [1.29, 1.82) is 0 Å². The topological polar surface area (TPSA) is 81.1 Å². The number of nitrogens with zero attached hydrogens (tertiary/aromatic N) is 2. The van der Waals surface area contributed by atoms with E-state index in [0.29, 0.717) is 11.4 Å². The fourth-order valence-corrected chi connectivity index (χ4v) is 3.58. The summed E-state index contributed by atoms with van der Waals surface area (Å²) in [6.07, 6.45) is 2.63. The van der Waals surface area contributed by atoms with E-state index in [2.05, 4.69) is 5.10 Å². The number of sulfonamides is 1. The Kier molecular flexibility index (Phi) is 4.26. The molecule has 0 aliphatic heterocycles. The lowest BCUT2D eigenvalue weighted by Crippen LogP contribution is -2.29. The zero-order valence-corrected chi connectivity index (χ0v) is 13.5. The number of carbonyl (C=O) groups is 1. The summed E-state index contributed by atoms with van der Waals surface area (Å²) in [6.45, 7) is 0.454. The zero-order chi connectivity index (χ0) is 16.3. The van der Waals surface area contributed by atoms with Crippen LogP contribution in [0.25, 0.3) is 0 Å². The molecule has 0 atom stereocenters. The number of benzene rings is 1. The average Bonchev–Trinajstić information content (AvgIpc) is 3.19. The van der Waals surface area contributed by atoms with Gasteiger partial charge >= 0.3 is 0 Å². The van der Waals surface area contributed by atoms with E-state index >= 15 is 0 Å². The van der Waals surface area contributed by atoms with Gasteiger partial charge in [-0.3, -0.25) is 9.48 Å². The van der Waals surface area contributed by atoms with Gasteiger partial charge in [0.15, 0.2) is 0 Å². The van der Waals surface area contributed by atoms with Crippen LogP contribution in [0.2, 0.25) is 0 Å². The van der Waals surface area contributed by atoms with Gasteiger partial charge in [0.25, 0.3) is 15.9 Å². The molecule has 0 radical (unpaired) electrons. The maximum atomic E-state index is 12.2. The molecule has 118 valence electrons. The lowest BCUT2D eigenvalue weighted by atomic mass is 10.2. The van der Waals surface area contributed by atoms with Crippen LogP contribution in [-0.4, -0.2) is 24.1 Å². The van der Waals surface area contributed by atoms with E-state index in [4.69, 9.17) is 0 Å². The number of rotatable bonds is 5. The van der Waals surface area contributed by atoms with E-state index in [1.54, 1.807) is 17.5 Å². The molecule has 0 unspecified atom stereocenters. The maximum Gasteiger partial charge on any atom is 0.275 e. The second-order valence-electron chi connectivity index (χ2n) is 4.77. The maximum absolute atomic E-state index is 12.2. The Bertz CT molecular complexity index is 901. The van der Waals surface area contributed by atoms with Gasteiger partial charge < -0.3 is 0 Å². The van der Waals surface area contributed by atoms with Gasteiger partial charge in [-0.1, -0.05) is 36.4 Å². The summed E-state index contributed by atoms with van der Waals surface area (Å²) in [4.78, 5) is 12.2. The van der Waals surface area contributed by atoms with Gasteiger partial charge in [0.05, 0.1) is 17.6 Å². The molecule has 3 aromatic rings. The number of hydrogen-bond acceptors (Lipinski definition) is 5. The molecular weight excluding hydrogens is 334 g/mol. The van der Waals surface area contributed by atoms with Gasteiger partial charge in [-0.25, -0.2) is 13.1 Å². The smallest absolute Gasteiger partial charge is 0.267 e. The van der Waals surface area contributed by atoms with Crippen molar-refractivity contribution in [2.75, 3.05) is 0 Å². The highest BCUT2D eigenvalue weighted by atomic mass is 32.2. The summed E-state index contributed by atoms with van der Waals surface area (Å²) in [5, 5.41) is 5.74. The summed E-state index contributed by atoms with van der Waals surface area (Å²) in [6, 6.07) is 12.8. The van der Waals surface area contributed by atoms with Crippen molar-refractivity contribution >= 4 is 27.3 Å². The van der Waals surface area contributed by atoms with Crippen molar-refractivity contribution in [3.8, 4) is 0 Å². The zero-order valence-electron chi connectivity index (χ0n) is 11.9. The monoisotopic (exact) mass is 347 g/mol. The standard InChI is InChI=1S/C15H13N3O3S2/c19-15(14-7-4-8-22-14)17-23(20,21)13-9-16-18(11-13)10-12-5-2-1-3-6-12/h1-9,11H,10H2,(H,17,19). The minimum Gasteiger partial charge on any atom is -0.267 e. The van der Waals surface area contributed by atoms with Crippen LogP contribution >= 0.6 is 11.3 Å². The highest BCUT2D eigenvalue weighted by Gasteiger charge is 2.21. The molecule has 3 rings (SSSR count). The number of carbonyl (C=O) groups excluding carboxylic acids is 1. The van der Waals surface area contributed by atoms with Crippen LogP contribution in [0.1, 0.15) is 15.2 Å². The third-order valence-electron chi connectivity index (χ3n) is 3.08. The SMILES string of the molecule is O=C(NS(=O)(=O)c1cnn(Cc2ccccc2)c1)c1cccs1. The van der Waals surface area contributed by atoms with Crippen molar-refractivity contribution in [2.45, 2.75) is 11.4 Å². The van der Waals surface area contributed by atoms with Crippen LogP contribution in [0.3, 0.4) is 0 Å². The Morgan fingerprint density at radius 2 is 1.96 bits per heavy atom. The minimum absolute atomic E-state index is 0.0432. The van der Waals surface area contributed by atoms with Gasteiger partial charge in [0.2, 0.25) is 0 Å². The number of aromatic nitrogens is 2. The fraction of sp³-hybridized carbons (Fsp3) is 0.0667. The van der Waals surface area contributed by atoms with Crippen LogP contribution in [0.4, 0.5) is 0 Å². The number of hydrogen-bond donors (Lipinski definition) is 1. The second kappa shape index (κ2) is 6.35. The van der Waals surface area contributed by atoms with Crippen molar-refractivity contribution < 1.29 is 13.2 Å². The van der Waals surface area contributed by atoms with E-state index in [9.17, 15) is 13.2 Å². The first kappa shape index (κ1) is 15.4. The third-order valence-corrected chi connectivity index (χ3v) is 5.23. The van der Waals surface area contributed by atoms with Gasteiger partial charge in [-0.05, 0) is 17.0 Å². The lowest BCUT2D eigenvalue weighted by Gasteiger charge is -2.03. The highest BCUT2D eigenvalue weighted by molar-refractivity contribution is 7.90. The minimum atomic E-state index is -3.93. The molecule has 2 aromatic heterocycles. The molecule has 0 bridgehead atoms. The number of amides is 1. The van der Waals surface area contributed by atoms with Crippen molar-refractivity contribution in [3.63, 3.8) is 0 Å². The molecule has 0 spiro atoms. The summed E-state index contributed by atoms with van der Waals surface area (Å²) in [5.41, 5.74) is 1.00. The van der Waals surface area contributed by atoms with E-state index in [1.165, 1.54) is 28.4 Å². The molecule has 1 amide bonds. The van der Waals surface area contributed by atoms with Crippen LogP contribution in [0.15, 0.2) is 65.1 Å². The average molecular weight is 347 g/mol. The molecule has 0 aliphatic carbocycles. The van der Waals surface area contributed by atoms with Gasteiger partial charge in [-0.15, -0.1) is 11.3 Å². The summed E-state index contributed by atoms with van der Waals surface area (Å²) in [7, 11) is -3.93. The molecule has 2 heterocycles. The van der Waals surface area contributed by atoms with Crippen molar-refractivity contribution in [3.05, 3.63) is 70.7 Å². The van der Waals surface area contributed by atoms with Crippen molar-refractivity contribution in [2.24, 2.45) is 0 Å². The number of thiophene rings is 1. The Balaban J connectivity index is 1.75. The summed E-state index contributed by atoms with van der Waals surface area (Å²) < 4.78 is 28.0. The molecule has 0 saturated carbocycles. The van der Waals surface area contributed by atoms with E-state index < -0.39 is 15.9 Å². The first-order chi connectivity index (χ1) is 11.0. The molecule has 0 saturated heterocycles. The molecule has 0 aliphatic rings. The van der Waals surface area contributed by atoms with E-state index in [-0.39, 0.29) is 4.90 Å². The normalized spacial score (nSPS) is 11.3. The van der Waals surface area contributed by atoms with E-state index in [0.717, 1.165) is 5.56 Å². The molecule has 6 nitrogen and oxygen atoms in total. The molecule has 23 heavy (non-hydrogen) atoms. The lowest BCUT2D eigenvalue weighted by molar-refractivity contribution is 0.0985. The first-order valence-electron chi connectivity index (χ1n) is 6.72. The Morgan fingerprint density at radius 1 is 1.17 bits per heavy atom. The summed E-state index contributed by atoms with van der Waals surface area (Å²) >= 11 is 1.18. The Labute approximate surface area is 137 Å². The molecule has 1 N–H and O–H groups in total. The Hall–Kier alpha value is -2.45. The van der Waals surface area contributed by atoms with Gasteiger partial charge in [0, 0.05) is 6.20 Å². The fourth-order valence-electron chi connectivity index (χ4n) is 1.98. The molecule has 8 heteroatoms. The Morgan fingerprint density at radius 3 is 2.65 bits per heavy atom. The quantitative estimate of drug-likeness (QED) is 0.766. The van der Waals surface area contributed by atoms with Gasteiger partial charge in [-0.2, -0.15) is 5.10 Å². The van der Waals surface area contributed by atoms with Crippen molar-refractivity contribution in [1.82, 2.24) is 14.5 Å². The molecular formula is C15H13N3O3S2. The van der Waals surface area contributed by atoms with E-state index in [1.807, 2.05) is 35.1 Å². The highest BCUT2D eigenvalue weighted by Crippen LogP contribution is 2.12. The van der Waals surface area contributed by atoms with Crippen LogP contribution in [0, 0.1) is 0 Å². The van der Waals surface area contributed by atoms with Crippen LogP contribution in [0.5, 0.6) is 0 Å². The molecule has 0 fully saturated rings. The van der Waals surface area contributed by atoms with Crippen LogP contribution < -0.4 is 4.72 Å². The van der Waals surface area contributed by atoms with Gasteiger partial charge in [0.1, 0.15) is 4.90 Å². The molecule has 1 aromatic carbocycles. The second-order valence-corrected chi connectivity index (χ2v) is 7.40. The number of nitrogens with one attached hydrogen (secondary N) is 1. The largest absolute Gasteiger partial charge is 0.275 e. The summed E-state index contributed by atoms with van der Waals surface area (Å²) in [5.74, 6) is -0.643. The first-order valence-corrected chi connectivity index (χ1v) is 9.08. The predicted octanol–water partition coefficient (Wildman–Crippen LogP) is 2.11. The predicted molar refractivity (Wildman–Crippen MR) is 86.7 cm³/mol. The van der Waals surface area contributed by atoms with Crippen LogP contribution in [-0.2, 0) is 16.6 Å². The third kappa shape index (κ3) is 3.66.